The maximum atomic E-state index is 12.1. The molecule has 0 atom stereocenters. The molecule has 156 valence electrons. The SMILES string of the molecule is COc1ccc(/C(C)=N\NC(=O)COc2ccc3c(C)cc(=O)oc3c2)c(OC)c1. The molecule has 3 rings (SSSR count). The van der Waals surface area contributed by atoms with Crippen molar-refractivity contribution in [1.29, 1.82) is 0 Å². The summed E-state index contributed by atoms with van der Waals surface area (Å²) in [5.74, 6) is 1.20. The minimum atomic E-state index is -0.437. The molecular weight excluding hydrogens is 388 g/mol. The van der Waals surface area contributed by atoms with E-state index in [2.05, 4.69) is 10.5 Å². The summed E-state index contributed by atoms with van der Waals surface area (Å²) in [6.45, 7) is 3.32. The molecule has 8 nitrogen and oxygen atoms in total. The van der Waals surface area contributed by atoms with Gasteiger partial charge in [-0.25, -0.2) is 10.2 Å². The van der Waals surface area contributed by atoms with Crippen molar-refractivity contribution in [1.82, 2.24) is 5.43 Å². The Morgan fingerprint density at radius 1 is 1.07 bits per heavy atom. The smallest absolute Gasteiger partial charge is 0.336 e. The van der Waals surface area contributed by atoms with E-state index in [9.17, 15) is 9.59 Å². The summed E-state index contributed by atoms with van der Waals surface area (Å²) in [6.07, 6.45) is 0. The van der Waals surface area contributed by atoms with Crippen LogP contribution >= 0.6 is 0 Å². The predicted molar refractivity (Wildman–Crippen MR) is 113 cm³/mol. The first-order valence-electron chi connectivity index (χ1n) is 9.14. The Morgan fingerprint density at radius 3 is 2.57 bits per heavy atom. The van der Waals surface area contributed by atoms with E-state index in [0.717, 1.165) is 16.5 Å². The summed E-state index contributed by atoms with van der Waals surface area (Å²) >= 11 is 0. The van der Waals surface area contributed by atoms with Crippen LogP contribution in [0.25, 0.3) is 11.0 Å². The Morgan fingerprint density at radius 2 is 1.83 bits per heavy atom. The van der Waals surface area contributed by atoms with E-state index in [1.165, 1.54) is 6.07 Å². The van der Waals surface area contributed by atoms with Crippen molar-refractivity contribution in [3.63, 3.8) is 0 Å². The van der Waals surface area contributed by atoms with Crippen molar-refractivity contribution >= 4 is 22.6 Å². The Bertz CT molecular complexity index is 1170. The number of hydrazone groups is 1. The zero-order chi connectivity index (χ0) is 21.7. The molecule has 1 N–H and O–H groups in total. The highest BCUT2D eigenvalue weighted by Gasteiger charge is 2.10. The van der Waals surface area contributed by atoms with Gasteiger partial charge in [0.05, 0.1) is 19.9 Å². The van der Waals surface area contributed by atoms with Crippen molar-refractivity contribution in [2.45, 2.75) is 13.8 Å². The molecule has 0 spiro atoms. The zero-order valence-corrected chi connectivity index (χ0v) is 17.1. The molecule has 0 saturated carbocycles. The maximum Gasteiger partial charge on any atom is 0.336 e. The molecule has 8 heteroatoms. The Balaban J connectivity index is 1.65. The maximum absolute atomic E-state index is 12.1. The number of methoxy groups -OCH3 is 2. The molecule has 30 heavy (non-hydrogen) atoms. The number of nitrogens with zero attached hydrogens (tertiary/aromatic N) is 1. The van der Waals surface area contributed by atoms with Gasteiger partial charge < -0.3 is 18.6 Å². The predicted octanol–water partition coefficient (Wildman–Crippen LogP) is 3.04. The standard InChI is InChI=1S/C22H22N2O6/c1-13-9-22(26)30-20-11-16(6-7-17(13)20)29-12-21(25)24-23-14(2)18-8-5-15(27-3)10-19(18)28-4/h5-11H,12H2,1-4H3,(H,24,25)/b23-14-. The van der Waals surface area contributed by atoms with Gasteiger partial charge in [-0.2, -0.15) is 5.10 Å². The molecule has 0 bridgehead atoms. The largest absolute Gasteiger partial charge is 0.497 e. The first-order chi connectivity index (χ1) is 14.4. The van der Waals surface area contributed by atoms with E-state index in [1.807, 2.05) is 6.92 Å². The highest BCUT2D eigenvalue weighted by atomic mass is 16.5. The average Bonchev–Trinajstić information content (AvgIpc) is 2.75. The number of ether oxygens (including phenoxy) is 3. The number of benzene rings is 2. The molecule has 0 aliphatic rings. The first-order valence-corrected chi connectivity index (χ1v) is 9.14. The topological polar surface area (TPSA) is 99.4 Å². The number of amides is 1. The third-order valence-electron chi connectivity index (χ3n) is 4.44. The van der Waals surface area contributed by atoms with Crippen LogP contribution in [0.4, 0.5) is 0 Å². The van der Waals surface area contributed by atoms with Crippen LogP contribution in [0.2, 0.25) is 0 Å². The summed E-state index contributed by atoms with van der Waals surface area (Å²) in [5, 5.41) is 4.91. The monoisotopic (exact) mass is 410 g/mol. The van der Waals surface area contributed by atoms with Crippen molar-refractivity contribution < 1.29 is 23.4 Å². The number of rotatable bonds is 7. The van der Waals surface area contributed by atoms with Gasteiger partial charge in [-0.3, -0.25) is 4.79 Å². The van der Waals surface area contributed by atoms with Gasteiger partial charge in [-0.05, 0) is 43.7 Å². The van der Waals surface area contributed by atoms with Crippen LogP contribution in [0.15, 0.2) is 56.8 Å². The second-order valence-corrected chi connectivity index (χ2v) is 6.49. The summed E-state index contributed by atoms with van der Waals surface area (Å²) in [5.41, 5.74) is 4.51. The third-order valence-corrected chi connectivity index (χ3v) is 4.44. The fourth-order valence-corrected chi connectivity index (χ4v) is 2.88. The molecular formula is C22H22N2O6. The van der Waals surface area contributed by atoms with Gasteiger partial charge >= 0.3 is 5.63 Å². The number of carbonyl (C=O) groups excluding carboxylic acids is 1. The number of hydrogen-bond donors (Lipinski definition) is 1. The highest BCUT2D eigenvalue weighted by Crippen LogP contribution is 2.25. The van der Waals surface area contributed by atoms with E-state index in [4.69, 9.17) is 18.6 Å². The lowest BCUT2D eigenvalue weighted by atomic mass is 10.1. The molecule has 1 heterocycles. The van der Waals surface area contributed by atoms with Gasteiger partial charge in [0.1, 0.15) is 22.8 Å². The second kappa shape index (κ2) is 9.13. The Kier molecular flexibility index (Phi) is 6.36. The molecule has 0 saturated heterocycles. The molecule has 0 radical (unpaired) electrons. The zero-order valence-electron chi connectivity index (χ0n) is 17.1. The summed E-state index contributed by atoms with van der Waals surface area (Å²) in [6, 6.07) is 11.8. The molecule has 3 aromatic rings. The van der Waals surface area contributed by atoms with Crippen LogP contribution < -0.4 is 25.3 Å². The molecule has 0 aliphatic carbocycles. The molecule has 2 aromatic carbocycles. The number of fused-ring (bicyclic) bond motifs is 1. The van der Waals surface area contributed by atoms with E-state index < -0.39 is 11.5 Å². The summed E-state index contributed by atoms with van der Waals surface area (Å²) < 4.78 is 21.2. The highest BCUT2D eigenvalue weighted by molar-refractivity contribution is 6.01. The van der Waals surface area contributed by atoms with E-state index in [0.29, 0.717) is 28.5 Å². The van der Waals surface area contributed by atoms with Gasteiger partial charge in [0.2, 0.25) is 0 Å². The summed E-state index contributed by atoms with van der Waals surface area (Å²) in [4.78, 5) is 23.6. The Labute approximate surface area is 173 Å². The van der Waals surface area contributed by atoms with Gasteiger partial charge in [-0.15, -0.1) is 0 Å². The van der Waals surface area contributed by atoms with Crippen molar-refractivity contribution in [2.75, 3.05) is 20.8 Å². The number of carbonyl (C=O) groups is 1. The molecule has 1 amide bonds. The summed E-state index contributed by atoms with van der Waals surface area (Å²) in [7, 11) is 3.12. The lowest BCUT2D eigenvalue weighted by Crippen LogP contribution is -2.25. The van der Waals surface area contributed by atoms with Gasteiger partial charge in [0.15, 0.2) is 6.61 Å². The van der Waals surface area contributed by atoms with Crippen LogP contribution in [0, 0.1) is 6.92 Å². The molecule has 1 aromatic heterocycles. The van der Waals surface area contributed by atoms with E-state index >= 15 is 0 Å². The quantitative estimate of drug-likeness (QED) is 0.365. The molecule has 0 unspecified atom stereocenters. The molecule has 0 aliphatic heterocycles. The van der Waals surface area contributed by atoms with Crippen molar-refractivity contribution in [3.8, 4) is 17.2 Å². The average molecular weight is 410 g/mol. The number of hydrogen-bond acceptors (Lipinski definition) is 7. The number of nitrogens with one attached hydrogen (secondary N) is 1. The normalized spacial score (nSPS) is 11.3. The van der Waals surface area contributed by atoms with E-state index in [-0.39, 0.29) is 6.61 Å². The Hall–Kier alpha value is -3.81. The van der Waals surface area contributed by atoms with Gasteiger partial charge in [0.25, 0.3) is 5.91 Å². The lowest BCUT2D eigenvalue weighted by molar-refractivity contribution is -0.123. The lowest BCUT2D eigenvalue weighted by Gasteiger charge is -2.10. The van der Waals surface area contributed by atoms with Crippen LogP contribution in [0.5, 0.6) is 17.2 Å². The van der Waals surface area contributed by atoms with Crippen LogP contribution in [0.1, 0.15) is 18.1 Å². The van der Waals surface area contributed by atoms with Crippen LogP contribution in [0.3, 0.4) is 0 Å². The first kappa shape index (κ1) is 20.9. The fraction of sp³-hybridized carbons (Fsp3) is 0.227. The van der Waals surface area contributed by atoms with Gasteiger partial charge in [0, 0.05) is 29.1 Å². The fourth-order valence-electron chi connectivity index (χ4n) is 2.88. The van der Waals surface area contributed by atoms with Crippen molar-refractivity contribution in [2.24, 2.45) is 5.10 Å². The molecule has 0 fully saturated rings. The van der Waals surface area contributed by atoms with Crippen LogP contribution in [-0.2, 0) is 4.79 Å². The third kappa shape index (κ3) is 4.78. The van der Waals surface area contributed by atoms with E-state index in [1.54, 1.807) is 57.5 Å². The number of aryl methyl sites for hydroxylation is 1. The second-order valence-electron chi connectivity index (χ2n) is 6.49. The minimum absolute atomic E-state index is 0.252. The minimum Gasteiger partial charge on any atom is -0.497 e. The van der Waals surface area contributed by atoms with Crippen molar-refractivity contribution in [3.05, 3.63) is 64.0 Å². The van der Waals surface area contributed by atoms with Gasteiger partial charge in [-0.1, -0.05) is 0 Å². The van der Waals surface area contributed by atoms with Crippen LogP contribution in [-0.4, -0.2) is 32.4 Å².